The van der Waals surface area contributed by atoms with Crippen molar-refractivity contribution in [2.45, 2.75) is 38.1 Å². The maximum absolute atomic E-state index is 5.74. The zero-order chi connectivity index (χ0) is 14.2. The van der Waals surface area contributed by atoms with Crippen LogP contribution in [0.25, 0.3) is 0 Å². The Hall–Kier alpha value is -0.900. The van der Waals surface area contributed by atoms with Gasteiger partial charge in [-0.1, -0.05) is 37.6 Å². The molecule has 3 nitrogen and oxygen atoms in total. The Balaban J connectivity index is 2.03. The number of likely N-dealkylation sites (N-methyl/N-ethyl adjacent to an activating group) is 1. The smallest absolute Gasteiger partial charge is 0.0701 e. The van der Waals surface area contributed by atoms with Crippen LogP contribution in [0.1, 0.15) is 49.3 Å². The molecule has 0 radical (unpaired) electrons. The van der Waals surface area contributed by atoms with Gasteiger partial charge in [-0.05, 0) is 36.4 Å². The molecule has 0 aliphatic heterocycles. The molecule has 0 aromatic heterocycles. The zero-order valence-electron chi connectivity index (χ0n) is 12.7. The highest BCUT2D eigenvalue weighted by Crippen LogP contribution is 2.39. The topological polar surface area (TPSA) is 30.5 Å². The molecule has 1 saturated carbocycles. The summed E-state index contributed by atoms with van der Waals surface area (Å²) < 4.78 is 10.8. The van der Waals surface area contributed by atoms with Gasteiger partial charge in [-0.2, -0.15) is 0 Å². The van der Waals surface area contributed by atoms with Crippen LogP contribution in [0.2, 0.25) is 0 Å². The number of benzene rings is 1. The standard InChI is InChI=1S/C17H27NO2/c1-3-18-17(13-20-12-11-19-2)16-10-5-4-9-15(16)14-7-6-8-14/h4-5,9-10,14,17-18H,3,6-8,11-13H2,1-2H3. The van der Waals surface area contributed by atoms with Crippen molar-refractivity contribution in [1.82, 2.24) is 5.32 Å². The van der Waals surface area contributed by atoms with Crippen LogP contribution in [0.15, 0.2) is 24.3 Å². The van der Waals surface area contributed by atoms with Gasteiger partial charge in [-0.15, -0.1) is 0 Å². The lowest BCUT2D eigenvalue weighted by Gasteiger charge is -2.30. The average molecular weight is 277 g/mol. The maximum Gasteiger partial charge on any atom is 0.0701 e. The fraction of sp³-hybridized carbons (Fsp3) is 0.647. The first kappa shape index (κ1) is 15.5. The number of hydrogen-bond donors (Lipinski definition) is 1. The molecule has 1 unspecified atom stereocenters. The Labute approximate surface area is 122 Å². The summed E-state index contributed by atoms with van der Waals surface area (Å²) in [6.07, 6.45) is 4.04. The molecular weight excluding hydrogens is 250 g/mol. The van der Waals surface area contributed by atoms with Gasteiger partial charge in [0.2, 0.25) is 0 Å². The van der Waals surface area contributed by atoms with Gasteiger partial charge in [0, 0.05) is 7.11 Å². The molecule has 0 saturated heterocycles. The summed E-state index contributed by atoms with van der Waals surface area (Å²) in [5.41, 5.74) is 2.93. The number of nitrogens with one attached hydrogen (secondary N) is 1. The van der Waals surface area contributed by atoms with Crippen LogP contribution in [0, 0.1) is 0 Å². The molecule has 1 aromatic carbocycles. The zero-order valence-corrected chi connectivity index (χ0v) is 12.7. The minimum atomic E-state index is 0.286. The van der Waals surface area contributed by atoms with Crippen LogP contribution in [0.3, 0.4) is 0 Å². The van der Waals surface area contributed by atoms with Gasteiger partial charge in [-0.3, -0.25) is 0 Å². The van der Waals surface area contributed by atoms with E-state index in [2.05, 4.69) is 36.5 Å². The van der Waals surface area contributed by atoms with E-state index >= 15 is 0 Å². The van der Waals surface area contributed by atoms with Gasteiger partial charge in [0.15, 0.2) is 0 Å². The second kappa shape index (κ2) is 8.40. The van der Waals surface area contributed by atoms with E-state index in [0.717, 1.165) is 12.5 Å². The number of rotatable bonds is 9. The first-order valence-corrected chi connectivity index (χ1v) is 7.75. The van der Waals surface area contributed by atoms with Crippen molar-refractivity contribution < 1.29 is 9.47 Å². The summed E-state index contributed by atoms with van der Waals surface area (Å²) >= 11 is 0. The Kier molecular flexibility index (Phi) is 6.51. The Morgan fingerprint density at radius 3 is 2.70 bits per heavy atom. The fourth-order valence-electron chi connectivity index (χ4n) is 2.77. The van der Waals surface area contributed by atoms with Crippen LogP contribution in [0.5, 0.6) is 0 Å². The number of ether oxygens (including phenoxy) is 2. The third-order valence-electron chi connectivity index (χ3n) is 4.08. The molecule has 2 rings (SSSR count). The summed E-state index contributed by atoms with van der Waals surface area (Å²) in [6, 6.07) is 9.12. The quantitative estimate of drug-likeness (QED) is 0.703. The largest absolute Gasteiger partial charge is 0.382 e. The minimum Gasteiger partial charge on any atom is -0.382 e. The molecule has 0 bridgehead atoms. The normalized spacial score (nSPS) is 16.9. The molecule has 1 aromatic rings. The van der Waals surface area contributed by atoms with E-state index in [1.54, 1.807) is 7.11 Å². The highest BCUT2D eigenvalue weighted by Gasteiger charge is 2.24. The molecule has 1 atom stereocenters. The highest BCUT2D eigenvalue weighted by molar-refractivity contribution is 5.34. The average Bonchev–Trinajstić information content (AvgIpc) is 2.41. The van der Waals surface area contributed by atoms with Crippen molar-refractivity contribution in [2.75, 3.05) is 33.5 Å². The summed E-state index contributed by atoms with van der Waals surface area (Å²) in [7, 11) is 1.71. The lowest BCUT2D eigenvalue weighted by molar-refractivity contribution is 0.0586. The number of hydrogen-bond acceptors (Lipinski definition) is 3. The van der Waals surface area contributed by atoms with E-state index in [0.29, 0.717) is 19.8 Å². The SMILES string of the molecule is CCNC(COCCOC)c1ccccc1C1CCC1. The maximum atomic E-state index is 5.74. The van der Waals surface area contributed by atoms with Crippen LogP contribution in [-0.2, 0) is 9.47 Å². The molecule has 0 amide bonds. The minimum absolute atomic E-state index is 0.286. The fourth-order valence-corrected chi connectivity index (χ4v) is 2.77. The molecule has 1 fully saturated rings. The van der Waals surface area contributed by atoms with E-state index in [1.165, 1.54) is 30.4 Å². The van der Waals surface area contributed by atoms with Crippen LogP contribution in [0.4, 0.5) is 0 Å². The van der Waals surface area contributed by atoms with Crippen molar-refractivity contribution in [3.63, 3.8) is 0 Å². The second-order valence-electron chi connectivity index (χ2n) is 5.43. The molecule has 20 heavy (non-hydrogen) atoms. The van der Waals surface area contributed by atoms with Crippen LogP contribution in [-0.4, -0.2) is 33.5 Å². The second-order valence-corrected chi connectivity index (χ2v) is 5.43. The molecule has 1 aliphatic carbocycles. The molecule has 0 spiro atoms. The van der Waals surface area contributed by atoms with Gasteiger partial charge in [0.05, 0.1) is 25.9 Å². The van der Waals surface area contributed by atoms with Gasteiger partial charge < -0.3 is 14.8 Å². The lowest BCUT2D eigenvalue weighted by atomic mass is 9.77. The van der Waals surface area contributed by atoms with Crippen molar-refractivity contribution >= 4 is 0 Å². The van der Waals surface area contributed by atoms with Gasteiger partial charge in [0.25, 0.3) is 0 Å². The van der Waals surface area contributed by atoms with Gasteiger partial charge >= 0.3 is 0 Å². The summed E-state index contributed by atoms with van der Waals surface area (Å²) in [5, 5.41) is 3.55. The first-order chi connectivity index (χ1) is 9.86. The predicted molar refractivity (Wildman–Crippen MR) is 82.1 cm³/mol. The molecule has 1 N–H and O–H groups in total. The van der Waals surface area contributed by atoms with E-state index < -0.39 is 0 Å². The molecule has 3 heteroatoms. The van der Waals surface area contributed by atoms with Crippen molar-refractivity contribution in [3.8, 4) is 0 Å². The van der Waals surface area contributed by atoms with Crippen molar-refractivity contribution in [2.24, 2.45) is 0 Å². The summed E-state index contributed by atoms with van der Waals surface area (Å²) in [6.45, 7) is 5.12. The van der Waals surface area contributed by atoms with Crippen molar-refractivity contribution in [3.05, 3.63) is 35.4 Å². The van der Waals surface area contributed by atoms with E-state index in [1.807, 2.05) is 0 Å². The number of methoxy groups -OCH3 is 1. The Morgan fingerprint density at radius 1 is 1.25 bits per heavy atom. The molecule has 0 heterocycles. The third-order valence-corrected chi connectivity index (χ3v) is 4.08. The molecule has 1 aliphatic rings. The molecule has 112 valence electrons. The Morgan fingerprint density at radius 2 is 2.05 bits per heavy atom. The lowest BCUT2D eigenvalue weighted by Crippen LogP contribution is -2.28. The van der Waals surface area contributed by atoms with E-state index in [-0.39, 0.29) is 6.04 Å². The van der Waals surface area contributed by atoms with Crippen LogP contribution < -0.4 is 5.32 Å². The predicted octanol–water partition coefficient (Wildman–Crippen LogP) is 3.27. The van der Waals surface area contributed by atoms with Gasteiger partial charge in [-0.25, -0.2) is 0 Å². The first-order valence-electron chi connectivity index (χ1n) is 7.75. The van der Waals surface area contributed by atoms with Gasteiger partial charge in [0.1, 0.15) is 0 Å². The monoisotopic (exact) mass is 277 g/mol. The summed E-state index contributed by atoms with van der Waals surface area (Å²) in [5.74, 6) is 0.756. The van der Waals surface area contributed by atoms with E-state index in [4.69, 9.17) is 9.47 Å². The Bertz CT molecular complexity index is 390. The highest BCUT2D eigenvalue weighted by atomic mass is 16.5. The van der Waals surface area contributed by atoms with E-state index in [9.17, 15) is 0 Å². The van der Waals surface area contributed by atoms with Crippen molar-refractivity contribution in [1.29, 1.82) is 0 Å². The summed E-state index contributed by atoms with van der Waals surface area (Å²) in [4.78, 5) is 0. The molecular formula is C17H27NO2. The van der Waals surface area contributed by atoms with Crippen LogP contribution >= 0.6 is 0 Å². The third kappa shape index (κ3) is 4.05.